The number of hydrogen-bond acceptors (Lipinski definition) is 3. The van der Waals surface area contributed by atoms with Gasteiger partial charge < -0.3 is 9.72 Å². The number of halogens is 1. The summed E-state index contributed by atoms with van der Waals surface area (Å²) in [6.07, 6.45) is 1.85. The highest BCUT2D eigenvalue weighted by molar-refractivity contribution is 6.30. The van der Waals surface area contributed by atoms with Crippen molar-refractivity contribution in [3.63, 3.8) is 0 Å². The Hall–Kier alpha value is -2.86. The Kier molecular flexibility index (Phi) is 3.73. The predicted molar refractivity (Wildman–Crippen MR) is 97.8 cm³/mol. The number of benzene rings is 1. The number of nitrogens with one attached hydrogen (secondary N) is 1. The van der Waals surface area contributed by atoms with Gasteiger partial charge in [0.1, 0.15) is 11.2 Å². The molecule has 26 heavy (non-hydrogen) atoms. The number of amides is 3. The third-order valence-electron chi connectivity index (χ3n) is 4.74. The largest absolute Gasteiger partial charge is 0.325 e. The number of urea groups is 1. The first-order chi connectivity index (χ1) is 12.4. The Labute approximate surface area is 155 Å². The zero-order valence-electron chi connectivity index (χ0n) is 14.4. The predicted octanol–water partition coefficient (Wildman–Crippen LogP) is 3.26. The first kappa shape index (κ1) is 16.6. The normalized spacial score (nSPS) is 20.0. The lowest BCUT2D eigenvalue weighted by Crippen LogP contribution is -2.40. The van der Waals surface area contributed by atoms with Crippen molar-refractivity contribution in [3.8, 4) is 0 Å². The molecule has 7 heteroatoms. The van der Waals surface area contributed by atoms with E-state index in [0.717, 1.165) is 11.3 Å². The van der Waals surface area contributed by atoms with Crippen molar-refractivity contribution in [2.24, 2.45) is 0 Å². The highest BCUT2D eigenvalue weighted by Crippen LogP contribution is 2.31. The van der Waals surface area contributed by atoms with Crippen LogP contribution in [0.3, 0.4) is 0 Å². The Morgan fingerprint density at radius 1 is 1.19 bits per heavy atom. The molecule has 6 nitrogen and oxygen atoms in total. The van der Waals surface area contributed by atoms with Crippen LogP contribution in [0.1, 0.15) is 23.9 Å². The zero-order valence-corrected chi connectivity index (χ0v) is 15.1. The number of fused-ring (bicyclic) bond motifs is 1. The van der Waals surface area contributed by atoms with Crippen molar-refractivity contribution < 1.29 is 9.59 Å². The van der Waals surface area contributed by atoms with E-state index in [9.17, 15) is 9.59 Å². The molecule has 1 aliphatic heterocycles. The number of imidazole rings is 1. The first-order valence-electron chi connectivity index (χ1n) is 8.22. The lowest BCUT2D eigenvalue weighted by Gasteiger charge is -2.22. The minimum absolute atomic E-state index is 0.113. The number of imide groups is 1. The van der Waals surface area contributed by atoms with Crippen molar-refractivity contribution in [3.05, 3.63) is 70.6 Å². The lowest BCUT2D eigenvalue weighted by atomic mass is 9.92. The summed E-state index contributed by atoms with van der Waals surface area (Å²) in [4.78, 5) is 31.2. The van der Waals surface area contributed by atoms with Crippen LogP contribution in [0.25, 0.3) is 5.65 Å². The smallest absolute Gasteiger partial charge is 0.319 e. The molecule has 0 aliphatic carbocycles. The molecule has 1 aliphatic rings. The van der Waals surface area contributed by atoms with Crippen LogP contribution in [0.15, 0.2) is 48.7 Å². The highest BCUT2D eigenvalue weighted by Gasteiger charge is 2.49. The molecule has 3 amide bonds. The van der Waals surface area contributed by atoms with Gasteiger partial charge in [-0.15, -0.1) is 0 Å². The molecule has 0 saturated carbocycles. The van der Waals surface area contributed by atoms with Gasteiger partial charge in [0.15, 0.2) is 0 Å². The fourth-order valence-corrected chi connectivity index (χ4v) is 3.46. The van der Waals surface area contributed by atoms with E-state index in [1.165, 1.54) is 4.90 Å². The first-order valence-corrected chi connectivity index (χ1v) is 8.60. The number of carbonyl (C=O) groups excluding carboxylic acids is 2. The summed E-state index contributed by atoms with van der Waals surface area (Å²) in [6.45, 7) is 3.77. The van der Waals surface area contributed by atoms with Crippen molar-refractivity contribution >= 4 is 29.2 Å². The minimum atomic E-state index is -1.14. The zero-order chi connectivity index (χ0) is 18.5. The monoisotopic (exact) mass is 368 g/mol. The molecule has 0 bridgehead atoms. The molecule has 1 saturated heterocycles. The van der Waals surface area contributed by atoms with Crippen LogP contribution in [0.2, 0.25) is 5.02 Å². The van der Waals surface area contributed by atoms with Crippen LogP contribution in [0.5, 0.6) is 0 Å². The maximum absolute atomic E-state index is 13.0. The molecule has 1 N–H and O–H groups in total. The minimum Gasteiger partial charge on any atom is -0.319 e. The molecule has 3 aromatic rings. The maximum Gasteiger partial charge on any atom is 0.325 e. The standard InChI is InChI=1S/C19H17ClN4O2/c1-12-5-3-8-16-21-15(10-23(12)16)11-24-17(25)19(2,22-18(24)26)13-6-4-7-14(20)9-13/h3-10H,11H2,1-2H3,(H,22,26). The van der Waals surface area contributed by atoms with E-state index < -0.39 is 11.6 Å². The lowest BCUT2D eigenvalue weighted by molar-refractivity contribution is -0.131. The molecular weight excluding hydrogens is 352 g/mol. The molecule has 132 valence electrons. The summed E-state index contributed by atoms with van der Waals surface area (Å²) in [6, 6.07) is 12.3. The summed E-state index contributed by atoms with van der Waals surface area (Å²) in [5, 5.41) is 3.30. The van der Waals surface area contributed by atoms with Gasteiger partial charge >= 0.3 is 6.03 Å². The fraction of sp³-hybridized carbons (Fsp3) is 0.211. The van der Waals surface area contributed by atoms with Gasteiger partial charge in [0.2, 0.25) is 0 Å². The molecule has 2 aromatic heterocycles. The second-order valence-corrected chi connectivity index (χ2v) is 7.02. The van der Waals surface area contributed by atoms with E-state index in [1.807, 2.05) is 35.7 Å². The Balaban J connectivity index is 1.66. The van der Waals surface area contributed by atoms with Crippen LogP contribution < -0.4 is 5.32 Å². The number of rotatable bonds is 3. The van der Waals surface area contributed by atoms with Crippen LogP contribution in [-0.2, 0) is 16.9 Å². The number of aromatic nitrogens is 2. The molecule has 3 heterocycles. The average molecular weight is 369 g/mol. The van der Waals surface area contributed by atoms with E-state index in [4.69, 9.17) is 11.6 Å². The van der Waals surface area contributed by atoms with Crippen LogP contribution >= 0.6 is 11.6 Å². The van der Waals surface area contributed by atoms with Gasteiger partial charge in [-0.1, -0.05) is 29.8 Å². The number of carbonyl (C=O) groups is 2. The topological polar surface area (TPSA) is 66.7 Å². The quantitative estimate of drug-likeness (QED) is 0.721. The third kappa shape index (κ3) is 2.54. The molecule has 1 unspecified atom stereocenters. The number of nitrogens with zero attached hydrogens (tertiary/aromatic N) is 3. The second-order valence-electron chi connectivity index (χ2n) is 6.58. The molecule has 1 atom stereocenters. The van der Waals surface area contributed by atoms with E-state index in [1.54, 1.807) is 31.2 Å². The second kappa shape index (κ2) is 5.85. The van der Waals surface area contributed by atoms with E-state index >= 15 is 0 Å². The number of hydrogen-bond donors (Lipinski definition) is 1. The van der Waals surface area contributed by atoms with Gasteiger partial charge in [-0.2, -0.15) is 0 Å². The van der Waals surface area contributed by atoms with Crippen LogP contribution in [0.4, 0.5) is 4.79 Å². The summed E-state index contributed by atoms with van der Waals surface area (Å²) >= 11 is 6.05. The fourth-order valence-electron chi connectivity index (χ4n) is 3.27. The number of pyridine rings is 1. The summed E-state index contributed by atoms with van der Waals surface area (Å²) in [7, 11) is 0. The van der Waals surface area contributed by atoms with Gasteiger partial charge in [0.25, 0.3) is 5.91 Å². The van der Waals surface area contributed by atoms with Gasteiger partial charge in [-0.3, -0.25) is 9.69 Å². The molecule has 4 rings (SSSR count). The molecule has 0 spiro atoms. The molecular formula is C19H17ClN4O2. The maximum atomic E-state index is 13.0. The summed E-state index contributed by atoms with van der Waals surface area (Å²) in [5.74, 6) is -0.321. The van der Waals surface area contributed by atoms with E-state index in [-0.39, 0.29) is 12.5 Å². The Bertz CT molecular complexity index is 1040. The highest BCUT2D eigenvalue weighted by atomic mass is 35.5. The molecule has 1 fully saturated rings. The van der Waals surface area contributed by atoms with Crippen LogP contribution in [0, 0.1) is 6.92 Å². The van der Waals surface area contributed by atoms with Crippen molar-refractivity contribution in [1.82, 2.24) is 19.6 Å². The molecule has 0 radical (unpaired) electrons. The Morgan fingerprint density at radius 3 is 2.69 bits per heavy atom. The summed E-state index contributed by atoms with van der Waals surface area (Å²) in [5.41, 5.74) is 1.97. The van der Waals surface area contributed by atoms with Crippen LogP contribution in [-0.4, -0.2) is 26.2 Å². The third-order valence-corrected chi connectivity index (χ3v) is 4.98. The molecule has 1 aromatic carbocycles. The SMILES string of the molecule is Cc1cccc2nc(CN3C(=O)NC(C)(c4cccc(Cl)c4)C3=O)cn12. The number of aryl methyl sites for hydroxylation is 1. The Morgan fingerprint density at radius 2 is 1.96 bits per heavy atom. The van der Waals surface area contributed by atoms with E-state index in [0.29, 0.717) is 16.3 Å². The van der Waals surface area contributed by atoms with E-state index in [2.05, 4.69) is 10.3 Å². The van der Waals surface area contributed by atoms with Crippen molar-refractivity contribution in [1.29, 1.82) is 0 Å². The van der Waals surface area contributed by atoms with Crippen molar-refractivity contribution in [2.45, 2.75) is 25.9 Å². The van der Waals surface area contributed by atoms with Gasteiger partial charge in [-0.05, 0) is 43.7 Å². The summed E-state index contributed by atoms with van der Waals surface area (Å²) < 4.78 is 1.93. The van der Waals surface area contributed by atoms with Gasteiger partial charge in [-0.25, -0.2) is 9.78 Å². The van der Waals surface area contributed by atoms with Gasteiger partial charge in [0, 0.05) is 16.9 Å². The van der Waals surface area contributed by atoms with Crippen molar-refractivity contribution in [2.75, 3.05) is 0 Å². The average Bonchev–Trinajstić information content (AvgIpc) is 3.11. The van der Waals surface area contributed by atoms with Gasteiger partial charge in [0.05, 0.1) is 12.2 Å².